The molecule has 0 fully saturated rings. The van der Waals surface area contributed by atoms with E-state index in [0.29, 0.717) is 0 Å². The van der Waals surface area contributed by atoms with Crippen molar-refractivity contribution in [1.29, 1.82) is 0 Å². The van der Waals surface area contributed by atoms with E-state index < -0.39 is 7.32 Å². The van der Waals surface area contributed by atoms with Crippen LogP contribution in [-0.2, 0) is 0 Å². The Bertz CT molecular complexity index is 799. The highest BCUT2D eigenvalue weighted by Gasteiger charge is 1.92. The van der Waals surface area contributed by atoms with E-state index in [2.05, 4.69) is 40.3 Å². The Morgan fingerprint density at radius 2 is 0.923 bits per heavy atom. The van der Waals surface area contributed by atoms with Crippen molar-refractivity contribution < 1.29 is 15.1 Å². The summed E-state index contributed by atoms with van der Waals surface area (Å²) in [7, 11) is -2.17. The maximum absolute atomic E-state index is 7.17. The van der Waals surface area contributed by atoms with Gasteiger partial charge >= 0.3 is 7.32 Å². The first kappa shape index (κ1) is 19.7. The normalized spacial score (nSPS) is 9.35. The standard InChI is InChI=1S/C12H11N.C8H6S.BH3O3/c1-3-7-11(8-4-1)13-12-9-5-2-6-10-12;1-2-4-8-6-9-5-7(8)3-1;2-1(3)4/h1-10,13H;1-6H;2-4H. The summed E-state index contributed by atoms with van der Waals surface area (Å²) < 4.78 is 0. The molecule has 3 aromatic carbocycles. The SMILES string of the molecule is OB(O)O.c1ccc(Nc2ccccc2)cc1.c1ccc2cscc2c1. The number of thiophene rings is 1. The van der Waals surface area contributed by atoms with E-state index >= 15 is 0 Å². The van der Waals surface area contributed by atoms with Crippen LogP contribution in [0, 0.1) is 0 Å². The number of para-hydroxylation sites is 2. The molecule has 0 spiro atoms. The fourth-order valence-electron chi connectivity index (χ4n) is 2.12. The summed E-state index contributed by atoms with van der Waals surface area (Å²) in [5.74, 6) is 0. The molecule has 4 aromatic rings. The van der Waals surface area contributed by atoms with Gasteiger partial charge in [0.15, 0.2) is 0 Å². The number of rotatable bonds is 2. The third kappa shape index (κ3) is 7.50. The molecule has 0 radical (unpaired) electrons. The Kier molecular flexibility index (Phi) is 8.38. The first-order valence-corrected chi connectivity index (χ1v) is 8.91. The molecular formula is C20H20BNO3S. The minimum absolute atomic E-state index is 1.12. The zero-order valence-electron chi connectivity index (χ0n) is 14.1. The minimum atomic E-state index is -2.17. The second kappa shape index (κ2) is 11.1. The van der Waals surface area contributed by atoms with Gasteiger partial charge in [0.2, 0.25) is 0 Å². The molecule has 1 heterocycles. The number of anilines is 2. The lowest BCUT2D eigenvalue weighted by molar-refractivity contribution is 0.278. The Labute approximate surface area is 157 Å². The highest BCUT2D eigenvalue weighted by molar-refractivity contribution is 7.09. The summed E-state index contributed by atoms with van der Waals surface area (Å²) in [5, 5.41) is 31.8. The zero-order valence-corrected chi connectivity index (χ0v) is 14.9. The van der Waals surface area contributed by atoms with E-state index in [4.69, 9.17) is 15.1 Å². The lowest BCUT2D eigenvalue weighted by Gasteiger charge is -2.04. The van der Waals surface area contributed by atoms with Crippen LogP contribution in [0.15, 0.2) is 95.7 Å². The van der Waals surface area contributed by atoms with Crippen LogP contribution < -0.4 is 5.32 Å². The van der Waals surface area contributed by atoms with Gasteiger partial charge in [-0.1, -0.05) is 60.7 Å². The van der Waals surface area contributed by atoms with Crippen LogP contribution in [0.25, 0.3) is 10.8 Å². The topological polar surface area (TPSA) is 72.7 Å². The van der Waals surface area contributed by atoms with Crippen LogP contribution in [0.5, 0.6) is 0 Å². The molecule has 0 saturated heterocycles. The van der Waals surface area contributed by atoms with E-state index in [1.54, 1.807) is 11.3 Å². The van der Waals surface area contributed by atoms with Gasteiger partial charge in [0.1, 0.15) is 0 Å². The predicted molar refractivity (Wildman–Crippen MR) is 110 cm³/mol. The summed E-state index contributed by atoms with van der Waals surface area (Å²) in [6, 6.07) is 28.7. The Morgan fingerprint density at radius 3 is 1.31 bits per heavy atom. The van der Waals surface area contributed by atoms with E-state index in [1.165, 1.54) is 10.8 Å². The maximum Gasteiger partial charge on any atom is 0.631 e. The van der Waals surface area contributed by atoms with Gasteiger partial charge < -0.3 is 20.4 Å². The molecule has 6 heteroatoms. The number of nitrogens with one attached hydrogen (secondary N) is 1. The molecule has 0 aliphatic rings. The largest absolute Gasteiger partial charge is 0.631 e. The third-order valence-corrected chi connectivity index (χ3v) is 4.00. The lowest BCUT2D eigenvalue weighted by Crippen LogP contribution is -2.07. The van der Waals surface area contributed by atoms with Gasteiger partial charge in [0.05, 0.1) is 0 Å². The second-order valence-corrected chi connectivity index (χ2v) is 5.95. The van der Waals surface area contributed by atoms with Gasteiger partial charge in [-0.2, -0.15) is 11.3 Å². The molecule has 132 valence electrons. The zero-order chi connectivity index (χ0) is 18.6. The average Bonchev–Trinajstić information content (AvgIpc) is 3.12. The fourth-order valence-corrected chi connectivity index (χ4v) is 2.91. The van der Waals surface area contributed by atoms with E-state index in [9.17, 15) is 0 Å². The molecule has 4 N–H and O–H groups in total. The molecule has 26 heavy (non-hydrogen) atoms. The number of hydrogen-bond donors (Lipinski definition) is 4. The molecule has 0 aliphatic heterocycles. The number of hydrogen-bond acceptors (Lipinski definition) is 5. The van der Waals surface area contributed by atoms with Crippen molar-refractivity contribution in [2.75, 3.05) is 5.32 Å². The van der Waals surface area contributed by atoms with Crippen LogP contribution in [0.1, 0.15) is 0 Å². The van der Waals surface area contributed by atoms with Crippen molar-refractivity contribution in [3.63, 3.8) is 0 Å². The first-order valence-electron chi connectivity index (χ1n) is 7.97. The van der Waals surface area contributed by atoms with Crippen LogP contribution in [-0.4, -0.2) is 22.4 Å². The van der Waals surface area contributed by atoms with Crippen molar-refractivity contribution >= 4 is 40.8 Å². The van der Waals surface area contributed by atoms with Crippen molar-refractivity contribution in [1.82, 2.24) is 0 Å². The average molecular weight is 365 g/mol. The molecule has 0 bridgehead atoms. The quantitative estimate of drug-likeness (QED) is 0.400. The molecule has 0 unspecified atom stereocenters. The Balaban J connectivity index is 0.000000162. The summed E-state index contributed by atoms with van der Waals surface area (Å²) in [6.45, 7) is 0. The summed E-state index contributed by atoms with van der Waals surface area (Å²) >= 11 is 1.75. The number of fused-ring (bicyclic) bond motifs is 1. The lowest BCUT2D eigenvalue weighted by atomic mass is 10.2. The minimum Gasteiger partial charge on any atom is -0.402 e. The molecule has 0 saturated carbocycles. The molecule has 0 amide bonds. The van der Waals surface area contributed by atoms with E-state index in [0.717, 1.165) is 11.4 Å². The van der Waals surface area contributed by atoms with Crippen molar-refractivity contribution in [2.24, 2.45) is 0 Å². The molecule has 1 aromatic heterocycles. The predicted octanol–water partition coefficient (Wildman–Crippen LogP) is 4.28. The van der Waals surface area contributed by atoms with Crippen molar-refractivity contribution in [3.05, 3.63) is 95.7 Å². The van der Waals surface area contributed by atoms with E-state index in [-0.39, 0.29) is 0 Å². The second-order valence-electron chi connectivity index (χ2n) is 5.20. The van der Waals surface area contributed by atoms with Gasteiger partial charge in [-0.05, 0) is 45.8 Å². The highest BCUT2D eigenvalue weighted by Crippen LogP contribution is 2.17. The smallest absolute Gasteiger partial charge is 0.402 e. The van der Waals surface area contributed by atoms with Crippen LogP contribution >= 0.6 is 11.3 Å². The van der Waals surface area contributed by atoms with Crippen molar-refractivity contribution in [3.8, 4) is 0 Å². The van der Waals surface area contributed by atoms with Gasteiger partial charge in [-0.25, -0.2) is 0 Å². The Hall–Kier alpha value is -2.64. The van der Waals surface area contributed by atoms with Crippen molar-refractivity contribution in [2.45, 2.75) is 0 Å². The summed E-state index contributed by atoms with van der Waals surface area (Å²) in [5.41, 5.74) is 2.24. The first-order chi connectivity index (χ1) is 12.6. The van der Waals surface area contributed by atoms with Crippen LogP contribution in [0.4, 0.5) is 11.4 Å². The maximum atomic E-state index is 7.17. The van der Waals surface area contributed by atoms with Crippen LogP contribution in [0.3, 0.4) is 0 Å². The monoisotopic (exact) mass is 365 g/mol. The van der Waals surface area contributed by atoms with E-state index in [1.807, 2.05) is 60.7 Å². The van der Waals surface area contributed by atoms with Gasteiger partial charge in [-0.3, -0.25) is 0 Å². The van der Waals surface area contributed by atoms with Gasteiger partial charge in [0, 0.05) is 11.4 Å². The molecule has 4 nitrogen and oxygen atoms in total. The van der Waals surface area contributed by atoms with Gasteiger partial charge in [0.25, 0.3) is 0 Å². The third-order valence-electron chi connectivity index (χ3n) is 3.22. The molecule has 0 aliphatic carbocycles. The van der Waals surface area contributed by atoms with Gasteiger partial charge in [-0.15, -0.1) is 0 Å². The van der Waals surface area contributed by atoms with Crippen LogP contribution in [0.2, 0.25) is 0 Å². The summed E-state index contributed by atoms with van der Waals surface area (Å²) in [6.07, 6.45) is 0. The number of benzene rings is 3. The molecule has 4 rings (SSSR count). The Morgan fingerprint density at radius 1 is 0.577 bits per heavy atom. The molecular weight excluding hydrogens is 345 g/mol. The summed E-state index contributed by atoms with van der Waals surface area (Å²) in [4.78, 5) is 0. The molecule has 0 atom stereocenters. The highest BCUT2D eigenvalue weighted by atomic mass is 32.1. The fraction of sp³-hybridized carbons (Fsp3) is 0.